The van der Waals surface area contributed by atoms with Crippen molar-refractivity contribution in [1.29, 1.82) is 0 Å². The predicted molar refractivity (Wildman–Crippen MR) is 88.4 cm³/mol. The first-order valence-corrected chi connectivity index (χ1v) is 7.15. The van der Waals surface area contributed by atoms with Gasteiger partial charge in [-0.15, -0.1) is 6.42 Å². The fraction of sp³-hybridized carbons (Fsp3) is 0.111. The van der Waals surface area contributed by atoms with Gasteiger partial charge in [0.25, 0.3) is 5.91 Å². The van der Waals surface area contributed by atoms with Gasteiger partial charge in [-0.1, -0.05) is 18.1 Å². The fourth-order valence-electron chi connectivity index (χ4n) is 2.08. The number of carbonyl (C=O) groups excluding carboxylic acids is 1. The summed E-state index contributed by atoms with van der Waals surface area (Å²) in [6.45, 7) is 0.359. The van der Waals surface area contributed by atoms with E-state index in [1.807, 2.05) is 12.1 Å². The highest BCUT2D eigenvalue weighted by molar-refractivity contribution is 5.95. The predicted octanol–water partition coefficient (Wildman–Crippen LogP) is 2.19. The van der Waals surface area contributed by atoms with Crippen molar-refractivity contribution in [3.05, 3.63) is 53.6 Å². The number of ether oxygens (including phenoxy) is 3. The van der Waals surface area contributed by atoms with Crippen LogP contribution in [0.3, 0.4) is 0 Å². The maximum atomic E-state index is 12.1. The summed E-state index contributed by atoms with van der Waals surface area (Å²) in [7, 11) is 0. The van der Waals surface area contributed by atoms with Gasteiger partial charge in [-0.3, -0.25) is 4.79 Å². The van der Waals surface area contributed by atoms with Crippen LogP contribution in [-0.2, 0) is 0 Å². The van der Waals surface area contributed by atoms with Crippen LogP contribution in [0, 0.1) is 12.3 Å². The van der Waals surface area contributed by atoms with E-state index in [2.05, 4.69) is 16.4 Å². The van der Waals surface area contributed by atoms with Gasteiger partial charge in [0.05, 0.1) is 6.21 Å². The second kappa shape index (κ2) is 7.20. The second-order valence-corrected chi connectivity index (χ2v) is 4.83. The normalized spacial score (nSPS) is 12.0. The van der Waals surface area contributed by atoms with E-state index in [9.17, 15) is 4.79 Å². The summed E-state index contributed by atoms with van der Waals surface area (Å²) < 4.78 is 15.8. The Balaban J connectivity index is 1.62. The molecule has 0 bridgehead atoms. The molecular weight excluding hydrogens is 308 g/mol. The third kappa shape index (κ3) is 3.65. The summed E-state index contributed by atoms with van der Waals surface area (Å²) in [6, 6.07) is 12.2. The zero-order valence-electron chi connectivity index (χ0n) is 12.7. The Kier molecular flexibility index (Phi) is 4.63. The SMILES string of the molecule is C#CCOc1cccc(/C=N\NC(=O)c2ccc3c(c2)OCO3)c1. The van der Waals surface area contributed by atoms with Crippen molar-refractivity contribution >= 4 is 12.1 Å². The van der Waals surface area contributed by atoms with Gasteiger partial charge in [0.1, 0.15) is 12.4 Å². The van der Waals surface area contributed by atoms with E-state index in [-0.39, 0.29) is 19.3 Å². The first kappa shape index (κ1) is 15.4. The van der Waals surface area contributed by atoms with Crippen LogP contribution in [-0.4, -0.2) is 25.5 Å². The van der Waals surface area contributed by atoms with Gasteiger partial charge in [-0.05, 0) is 35.9 Å². The number of benzene rings is 2. The number of nitrogens with zero attached hydrogens (tertiary/aromatic N) is 1. The van der Waals surface area contributed by atoms with Gasteiger partial charge in [0.2, 0.25) is 6.79 Å². The Morgan fingerprint density at radius 2 is 2.17 bits per heavy atom. The Labute approximate surface area is 139 Å². The average Bonchev–Trinajstić information content (AvgIpc) is 3.08. The van der Waals surface area contributed by atoms with Crippen LogP contribution in [0.25, 0.3) is 0 Å². The molecule has 6 nitrogen and oxygen atoms in total. The Morgan fingerprint density at radius 1 is 1.29 bits per heavy atom. The van der Waals surface area contributed by atoms with Crippen molar-refractivity contribution in [2.45, 2.75) is 0 Å². The van der Waals surface area contributed by atoms with Crippen molar-refractivity contribution in [3.63, 3.8) is 0 Å². The molecule has 3 rings (SSSR count). The Hall–Kier alpha value is -3.46. The molecule has 120 valence electrons. The zero-order valence-corrected chi connectivity index (χ0v) is 12.7. The van der Waals surface area contributed by atoms with Crippen molar-refractivity contribution < 1.29 is 19.0 Å². The van der Waals surface area contributed by atoms with Crippen LogP contribution < -0.4 is 19.6 Å². The van der Waals surface area contributed by atoms with Gasteiger partial charge < -0.3 is 14.2 Å². The number of terminal acetylenes is 1. The largest absolute Gasteiger partial charge is 0.481 e. The fourth-order valence-corrected chi connectivity index (χ4v) is 2.08. The molecule has 0 aliphatic carbocycles. The van der Waals surface area contributed by atoms with Crippen LogP contribution in [0.2, 0.25) is 0 Å². The molecule has 24 heavy (non-hydrogen) atoms. The first-order valence-electron chi connectivity index (χ1n) is 7.15. The summed E-state index contributed by atoms with van der Waals surface area (Å²) in [5, 5.41) is 3.94. The van der Waals surface area contributed by atoms with Crippen molar-refractivity contribution in [3.8, 4) is 29.6 Å². The molecule has 0 radical (unpaired) electrons. The van der Waals surface area contributed by atoms with Crippen LogP contribution in [0.15, 0.2) is 47.6 Å². The molecule has 0 atom stereocenters. The van der Waals surface area contributed by atoms with Gasteiger partial charge in [-0.2, -0.15) is 5.10 Å². The van der Waals surface area contributed by atoms with Gasteiger partial charge >= 0.3 is 0 Å². The lowest BCUT2D eigenvalue weighted by molar-refractivity contribution is 0.0954. The summed E-state index contributed by atoms with van der Waals surface area (Å²) in [5.74, 6) is 3.86. The van der Waals surface area contributed by atoms with E-state index < -0.39 is 0 Å². The molecule has 1 N–H and O–H groups in total. The summed E-state index contributed by atoms with van der Waals surface area (Å²) in [4.78, 5) is 12.1. The third-order valence-corrected chi connectivity index (χ3v) is 3.19. The van der Waals surface area contributed by atoms with E-state index >= 15 is 0 Å². The Bertz CT molecular complexity index is 824. The molecule has 0 spiro atoms. The average molecular weight is 322 g/mol. The van der Waals surface area contributed by atoms with Crippen LogP contribution in [0.5, 0.6) is 17.2 Å². The quantitative estimate of drug-likeness (QED) is 0.520. The molecular formula is C18H14N2O4. The summed E-state index contributed by atoms with van der Waals surface area (Å²) >= 11 is 0. The highest BCUT2D eigenvalue weighted by atomic mass is 16.7. The van der Waals surface area contributed by atoms with E-state index in [1.54, 1.807) is 30.3 Å². The molecule has 1 aliphatic rings. The molecule has 2 aromatic rings. The van der Waals surface area contributed by atoms with Crippen molar-refractivity contribution in [1.82, 2.24) is 5.43 Å². The van der Waals surface area contributed by atoms with E-state index in [0.29, 0.717) is 22.8 Å². The third-order valence-electron chi connectivity index (χ3n) is 3.19. The minimum Gasteiger partial charge on any atom is -0.481 e. The maximum Gasteiger partial charge on any atom is 0.271 e. The zero-order chi connectivity index (χ0) is 16.8. The molecule has 0 saturated carbocycles. The number of fused-ring (bicyclic) bond motifs is 1. The molecule has 0 aromatic heterocycles. The standard InChI is InChI=1S/C18H14N2O4/c1-2-8-22-15-5-3-4-13(9-15)11-19-20-18(21)14-6-7-16-17(10-14)24-12-23-16/h1,3-7,9-11H,8,12H2,(H,20,21)/b19-11-. The number of hydrogen-bond acceptors (Lipinski definition) is 5. The molecule has 0 unspecified atom stereocenters. The van der Waals surface area contributed by atoms with Crippen LogP contribution >= 0.6 is 0 Å². The Morgan fingerprint density at radius 3 is 3.04 bits per heavy atom. The molecule has 0 saturated heterocycles. The van der Waals surface area contributed by atoms with E-state index in [1.165, 1.54) is 6.21 Å². The number of hydrazone groups is 1. The lowest BCUT2D eigenvalue weighted by Crippen LogP contribution is -2.17. The molecule has 1 amide bonds. The molecule has 6 heteroatoms. The monoisotopic (exact) mass is 322 g/mol. The van der Waals surface area contributed by atoms with Gasteiger partial charge in [-0.25, -0.2) is 5.43 Å². The first-order chi connectivity index (χ1) is 11.8. The topological polar surface area (TPSA) is 69.2 Å². The van der Waals surface area contributed by atoms with Crippen LogP contribution in [0.4, 0.5) is 0 Å². The molecule has 1 heterocycles. The van der Waals surface area contributed by atoms with E-state index in [4.69, 9.17) is 20.6 Å². The van der Waals surface area contributed by atoms with E-state index in [0.717, 1.165) is 5.56 Å². The van der Waals surface area contributed by atoms with Crippen LogP contribution in [0.1, 0.15) is 15.9 Å². The lowest BCUT2D eigenvalue weighted by atomic mass is 10.2. The molecule has 0 fully saturated rings. The maximum absolute atomic E-state index is 12.1. The highest BCUT2D eigenvalue weighted by Gasteiger charge is 2.15. The lowest BCUT2D eigenvalue weighted by Gasteiger charge is -2.03. The molecule has 1 aliphatic heterocycles. The minimum absolute atomic E-state index is 0.163. The van der Waals surface area contributed by atoms with Gasteiger partial charge in [0.15, 0.2) is 11.5 Å². The highest BCUT2D eigenvalue weighted by Crippen LogP contribution is 2.32. The number of hydrogen-bond donors (Lipinski definition) is 1. The summed E-state index contributed by atoms with van der Waals surface area (Å²) in [5.41, 5.74) is 3.67. The number of rotatable bonds is 5. The van der Waals surface area contributed by atoms with Crippen molar-refractivity contribution in [2.75, 3.05) is 13.4 Å². The van der Waals surface area contributed by atoms with Crippen molar-refractivity contribution in [2.24, 2.45) is 5.10 Å². The smallest absolute Gasteiger partial charge is 0.271 e. The summed E-state index contributed by atoms with van der Waals surface area (Å²) in [6.07, 6.45) is 6.67. The molecule has 2 aromatic carbocycles. The van der Waals surface area contributed by atoms with Gasteiger partial charge in [0, 0.05) is 5.56 Å². The number of carbonyl (C=O) groups is 1. The second-order valence-electron chi connectivity index (χ2n) is 4.83. The number of nitrogens with one attached hydrogen (secondary N) is 1. The minimum atomic E-state index is -0.343. The number of amides is 1.